The van der Waals surface area contributed by atoms with Crippen molar-refractivity contribution in [1.82, 2.24) is 20.9 Å². The van der Waals surface area contributed by atoms with Crippen LogP contribution in [0.5, 0.6) is 5.75 Å². The molecule has 0 aliphatic carbocycles. The number of amides is 3. The molecule has 0 aliphatic rings. The summed E-state index contributed by atoms with van der Waals surface area (Å²) in [7, 11) is 4.76. The topological polar surface area (TPSA) is 175 Å². The van der Waals surface area contributed by atoms with E-state index < -0.39 is 17.7 Å². The van der Waals surface area contributed by atoms with Gasteiger partial charge in [-0.25, -0.2) is 0 Å². The highest BCUT2D eigenvalue weighted by Crippen LogP contribution is 2.54. The fourth-order valence-corrected chi connectivity index (χ4v) is 5.19. The number of carbonyl (C=O) groups is 3. The molecule has 0 fully saturated rings. The molecule has 0 radical (unpaired) electrons. The van der Waals surface area contributed by atoms with E-state index in [0.717, 1.165) is 12.0 Å². The molecule has 0 saturated heterocycles. The zero-order chi connectivity index (χ0) is 38.0. The van der Waals surface area contributed by atoms with E-state index in [4.69, 9.17) is 44.8 Å². The first kappa shape index (κ1) is 46.8. The van der Waals surface area contributed by atoms with Crippen LogP contribution in [0.4, 0.5) is 0 Å². The minimum atomic E-state index is -3.14. The first-order valence-electron chi connectivity index (χ1n) is 17.2. The van der Waals surface area contributed by atoms with E-state index in [1.807, 2.05) is 20.8 Å². The summed E-state index contributed by atoms with van der Waals surface area (Å²) in [5, 5.41) is 7.97. The Labute approximate surface area is 308 Å². The van der Waals surface area contributed by atoms with E-state index in [1.165, 1.54) is 0 Å². The lowest BCUT2D eigenvalue weighted by Crippen LogP contribution is -2.54. The van der Waals surface area contributed by atoms with Crippen molar-refractivity contribution in [3.05, 3.63) is 29.8 Å². The molecule has 3 amide bonds. The molecule has 0 aromatic heterocycles. The van der Waals surface area contributed by atoms with Crippen molar-refractivity contribution >= 4 is 36.0 Å². The summed E-state index contributed by atoms with van der Waals surface area (Å²) < 4.78 is 37.2. The predicted octanol–water partition coefficient (Wildman–Crippen LogP) is 1.50. The van der Waals surface area contributed by atoms with Gasteiger partial charge in [-0.3, -0.25) is 19.3 Å². The third-order valence-corrected chi connectivity index (χ3v) is 11.3. The molecule has 0 spiro atoms. The van der Waals surface area contributed by atoms with Gasteiger partial charge in [0.2, 0.25) is 24.2 Å². The summed E-state index contributed by atoms with van der Waals surface area (Å²) in [4.78, 5) is 52.4. The average molecular weight is 765 g/mol. The second kappa shape index (κ2) is 27.4. The van der Waals surface area contributed by atoms with Gasteiger partial charge in [0.1, 0.15) is 5.75 Å². The zero-order valence-electron chi connectivity index (χ0n) is 31.2. The number of nitrogens with zero attached hydrogens (tertiary/aromatic N) is 1. The highest BCUT2D eigenvalue weighted by atomic mass is 32.5. The van der Waals surface area contributed by atoms with Gasteiger partial charge in [-0.2, -0.15) is 0 Å². The molecule has 4 N–H and O–H groups in total. The van der Waals surface area contributed by atoms with Crippen molar-refractivity contribution in [2.75, 3.05) is 114 Å². The zero-order valence-corrected chi connectivity index (χ0v) is 33.0. The number of unbranched alkanes of at least 4 members (excludes halogenated alkanes) is 1. The minimum Gasteiger partial charge on any atom is -0.443 e. The molecule has 0 saturated carbocycles. The monoisotopic (exact) mass is 764 g/mol. The number of nitrogens with one attached hydrogen (secondary N) is 3. The molecular formula is C34H61N4O11PS. The molecule has 0 bridgehead atoms. The molecule has 0 aliphatic heterocycles. The SMILES string of the molecule is COCCOCCCCNC(=O)CN(CC(=O)NCCOCCOC)C(Cc1ccc(OP(O)(=S)C(C)(C)C)cc1)C(=O)NCCOCCOC. The van der Waals surface area contributed by atoms with Crippen LogP contribution in [0.3, 0.4) is 0 Å². The Hall–Kier alpha value is -2.24. The standard InChI is InChI=1S/C34H61N4O11PS/c1-34(2,3)50(42,51)49-29-11-9-28(10-12-29)25-30(33(41)37-15-18-48-24-21-45-6)38(27-32(40)36-14-17-47-23-20-44-5)26-31(39)35-13-7-8-16-46-22-19-43-4/h9-12,30H,7-8,13-27H2,1-6H3,(H,35,39)(H,36,40)(H,37,41)(H,42,51). The molecular weight excluding hydrogens is 703 g/mol. The number of ether oxygens (including phenoxy) is 6. The maximum absolute atomic E-state index is 13.8. The molecule has 2 atom stereocenters. The second-order valence-electron chi connectivity index (χ2n) is 12.6. The number of carbonyl (C=O) groups excluding carboxylic acids is 3. The normalized spacial score (nSPS) is 13.4. The lowest BCUT2D eigenvalue weighted by Gasteiger charge is -2.30. The van der Waals surface area contributed by atoms with Crippen LogP contribution < -0.4 is 20.5 Å². The van der Waals surface area contributed by atoms with Gasteiger partial charge in [-0.1, -0.05) is 32.9 Å². The van der Waals surface area contributed by atoms with Crippen LogP contribution in [0.25, 0.3) is 0 Å². The Kier molecular flexibility index (Phi) is 25.1. The van der Waals surface area contributed by atoms with Gasteiger partial charge >= 0.3 is 0 Å². The lowest BCUT2D eigenvalue weighted by molar-refractivity contribution is -0.131. The summed E-state index contributed by atoms with van der Waals surface area (Å²) in [6, 6.07) is 6.00. The van der Waals surface area contributed by atoms with E-state index in [0.29, 0.717) is 65.0 Å². The Morgan fingerprint density at radius 3 is 1.73 bits per heavy atom. The number of rotatable bonds is 30. The maximum atomic E-state index is 13.8. The number of hydrogen-bond donors (Lipinski definition) is 4. The molecule has 0 heterocycles. The van der Waals surface area contributed by atoms with E-state index in [1.54, 1.807) is 50.5 Å². The third kappa shape index (κ3) is 21.8. The van der Waals surface area contributed by atoms with Crippen molar-refractivity contribution in [3.63, 3.8) is 0 Å². The van der Waals surface area contributed by atoms with Crippen molar-refractivity contribution in [3.8, 4) is 5.75 Å². The van der Waals surface area contributed by atoms with E-state index in [-0.39, 0.29) is 63.5 Å². The smallest absolute Gasteiger partial charge is 0.240 e. The van der Waals surface area contributed by atoms with Crippen LogP contribution >= 0.6 is 6.49 Å². The maximum Gasteiger partial charge on any atom is 0.240 e. The van der Waals surface area contributed by atoms with E-state index in [2.05, 4.69) is 16.0 Å². The fraction of sp³-hybridized carbons (Fsp3) is 0.735. The molecule has 1 aromatic rings. The highest BCUT2D eigenvalue weighted by molar-refractivity contribution is 8.10. The molecule has 2 unspecified atom stereocenters. The third-order valence-electron chi connectivity index (χ3n) is 7.31. The molecule has 17 heteroatoms. The van der Waals surface area contributed by atoms with Crippen LogP contribution in [0.15, 0.2) is 24.3 Å². The molecule has 1 rings (SSSR count). The second-order valence-corrected chi connectivity index (χ2v) is 16.6. The van der Waals surface area contributed by atoms with Gasteiger partial charge in [-0.05, 0) is 48.8 Å². The Bertz CT molecular complexity index is 1160. The largest absolute Gasteiger partial charge is 0.443 e. The van der Waals surface area contributed by atoms with Crippen LogP contribution in [0.1, 0.15) is 39.2 Å². The van der Waals surface area contributed by atoms with Gasteiger partial charge < -0.3 is 53.8 Å². The lowest BCUT2D eigenvalue weighted by atomic mass is 10.0. The quantitative estimate of drug-likeness (QED) is 0.0656. The first-order chi connectivity index (χ1) is 24.3. The first-order valence-corrected chi connectivity index (χ1v) is 19.9. The van der Waals surface area contributed by atoms with Gasteiger partial charge in [0, 0.05) is 52.7 Å². The highest BCUT2D eigenvalue weighted by Gasteiger charge is 2.33. The average Bonchev–Trinajstić information content (AvgIpc) is 3.07. The van der Waals surface area contributed by atoms with Gasteiger partial charge in [0.15, 0.2) is 0 Å². The molecule has 1 aromatic carbocycles. The van der Waals surface area contributed by atoms with Gasteiger partial charge in [-0.15, -0.1) is 0 Å². The van der Waals surface area contributed by atoms with Crippen LogP contribution in [-0.2, 0) is 61.0 Å². The summed E-state index contributed by atoms with van der Waals surface area (Å²) in [6.45, 7) is 6.52. The van der Waals surface area contributed by atoms with Crippen LogP contribution in [0, 0.1) is 0 Å². The number of hydrogen-bond acceptors (Lipinski definition) is 12. The van der Waals surface area contributed by atoms with Crippen LogP contribution in [-0.4, -0.2) is 152 Å². The Balaban J connectivity index is 3.14. The van der Waals surface area contributed by atoms with E-state index >= 15 is 0 Å². The van der Waals surface area contributed by atoms with E-state index in [9.17, 15) is 19.3 Å². The number of methoxy groups -OCH3 is 3. The molecule has 15 nitrogen and oxygen atoms in total. The van der Waals surface area contributed by atoms with Crippen molar-refractivity contribution in [2.24, 2.45) is 0 Å². The molecule has 294 valence electrons. The van der Waals surface area contributed by atoms with Crippen molar-refractivity contribution in [2.45, 2.75) is 51.2 Å². The van der Waals surface area contributed by atoms with Gasteiger partial charge in [0.05, 0.1) is 72.0 Å². The van der Waals surface area contributed by atoms with Gasteiger partial charge in [0.25, 0.3) is 0 Å². The van der Waals surface area contributed by atoms with Crippen LogP contribution in [0.2, 0.25) is 0 Å². The Morgan fingerprint density at radius 1 is 0.725 bits per heavy atom. The summed E-state index contributed by atoms with van der Waals surface area (Å²) in [5.41, 5.74) is 0.742. The number of benzene rings is 1. The Morgan fingerprint density at radius 2 is 1.22 bits per heavy atom. The summed E-state index contributed by atoms with van der Waals surface area (Å²) in [5.74, 6) is -0.667. The van der Waals surface area contributed by atoms with Crippen molar-refractivity contribution < 1.29 is 52.2 Å². The molecule has 51 heavy (non-hydrogen) atoms. The minimum absolute atomic E-state index is 0.169. The van der Waals surface area contributed by atoms with Crippen molar-refractivity contribution in [1.29, 1.82) is 0 Å². The summed E-state index contributed by atoms with van der Waals surface area (Å²) >= 11 is 5.38. The summed E-state index contributed by atoms with van der Waals surface area (Å²) in [6.07, 6.45) is 1.61. The predicted molar refractivity (Wildman–Crippen MR) is 199 cm³/mol. The fourth-order valence-electron chi connectivity index (χ4n) is 4.25.